The molecule has 2 aliphatic heterocycles. The number of anilines is 1. The lowest BCUT2D eigenvalue weighted by Crippen LogP contribution is -2.48. The zero-order chi connectivity index (χ0) is 21.9. The molecule has 2 aromatic carbocycles. The summed E-state index contributed by atoms with van der Waals surface area (Å²) < 4.78 is 18.6. The number of nitrogens with zero attached hydrogens (tertiary/aromatic N) is 3. The highest BCUT2D eigenvalue weighted by atomic mass is 19.1. The zero-order valence-electron chi connectivity index (χ0n) is 18.1. The van der Waals surface area contributed by atoms with E-state index >= 15 is 0 Å². The molecule has 3 heterocycles. The monoisotopic (exact) mass is 433 g/mol. The Bertz CT molecular complexity index is 1010. The molecule has 2 unspecified atom stereocenters. The fraction of sp³-hybridized carbons (Fsp3) is 0.346. The summed E-state index contributed by atoms with van der Waals surface area (Å²) in [5, 5.41) is 0. The molecule has 1 amide bonds. The highest BCUT2D eigenvalue weighted by Gasteiger charge is 2.38. The molecule has 0 saturated carbocycles. The molecule has 0 radical (unpaired) electrons. The Balaban J connectivity index is 1.26. The molecule has 6 heteroatoms. The Morgan fingerprint density at radius 2 is 1.66 bits per heavy atom. The van der Waals surface area contributed by atoms with Gasteiger partial charge in [0.25, 0.3) is 5.91 Å². The van der Waals surface area contributed by atoms with Gasteiger partial charge < -0.3 is 14.2 Å². The van der Waals surface area contributed by atoms with Gasteiger partial charge in [-0.05, 0) is 47.9 Å². The van der Waals surface area contributed by atoms with Crippen molar-refractivity contribution in [3.05, 3.63) is 90.1 Å². The maximum atomic E-state index is 13.2. The lowest BCUT2D eigenvalue weighted by molar-refractivity contribution is 0.0751. The van der Waals surface area contributed by atoms with Crippen molar-refractivity contribution in [3.8, 4) is 0 Å². The molecule has 32 heavy (non-hydrogen) atoms. The number of carbonyl (C=O) groups excluding carboxylic acids is 1. The first-order valence-electron chi connectivity index (χ1n) is 11.3. The second kappa shape index (κ2) is 9.17. The summed E-state index contributed by atoms with van der Waals surface area (Å²) in [7, 11) is 0. The Labute approximate surface area is 188 Å². The first kappa shape index (κ1) is 20.8. The molecule has 0 spiro atoms. The summed E-state index contributed by atoms with van der Waals surface area (Å²) >= 11 is 0. The molecular weight excluding hydrogens is 405 g/mol. The highest BCUT2D eigenvalue weighted by Crippen LogP contribution is 2.34. The normalized spacial score (nSPS) is 21.8. The third-order valence-corrected chi connectivity index (χ3v) is 6.74. The van der Waals surface area contributed by atoms with Crippen LogP contribution in [0.4, 0.5) is 10.1 Å². The van der Waals surface area contributed by atoms with E-state index in [2.05, 4.69) is 34.1 Å². The second-order valence-corrected chi connectivity index (χ2v) is 8.73. The number of carbonyl (C=O) groups is 1. The Hall–Kier alpha value is -3.12. The SMILES string of the molecule is O=C(c1ccco1)N1CC(CN2CCN(c3ccc(F)cc3)CC2)C(c2ccccc2)C1. The van der Waals surface area contributed by atoms with Crippen LogP contribution in [0.5, 0.6) is 0 Å². The van der Waals surface area contributed by atoms with Crippen LogP contribution in [0, 0.1) is 11.7 Å². The fourth-order valence-electron chi connectivity index (χ4n) is 5.03. The maximum Gasteiger partial charge on any atom is 0.289 e. The van der Waals surface area contributed by atoms with Gasteiger partial charge in [-0.15, -0.1) is 0 Å². The quantitative estimate of drug-likeness (QED) is 0.608. The van der Waals surface area contributed by atoms with Crippen molar-refractivity contribution in [2.75, 3.05) is 50.7 Å². The van der Waals surface area contributed by atoms with E-state index in [1.165, 1.54) is 17.7 Å². The minimum Gasteiger partial charge on any atom is -0.459 e. The molecule has 2 aliphatic rings. The van der Waals surface area contributed by atoms with Gasteiger partial charge in [-0.1, -0.05) is 30.3 Å². The maximum absolute atomic E-state index is 13.2. The molecule has 166 valence electrons. The lowest BCUT2D eigenvalue weighted by Gasteiger charge is -2.37. The summed E-state index contributed by atoms with van der Waals surface area (Å²) in [6, 6.07) is 20.8. The van der Waals surface area contributed by atoms with E-state index < -0.39 is 0 Å². The van der Waals surface area contributed by atoms with Crippen LogP contribution in [0.1, 0.15) is 22.0 Å². The Kier molecular flexibility index (Phi) is 5.95. The minimum atomic E-state index is -0.200. The average Bonchev–Trinajstić information content (AvgIpc) is 3.51. The van der Waals surface area contributed by atoms with Crippen LogP contribution in [0.2, 0.25) is 0 Å². The molecule has 2 atom stereocenters. The van der Waals surface area contributed by atoms with Crippen molar-refractivity contribution >= 4 is 11.6 Å². The number of hydrogen-bond donors (Lipinski definition) is 0. The van der Waals surface area contributed by atoms with E-state index in [1.54, 1.807) is 18.4 Å². The van der Waals surface area contributed by atoms with Crippen molar-refractivity contribution in [2.45, 2.75) is 5.92 Å². The molecule has 2 saturated heterocycles. The largest absolute Gasteiger partial charge is 0.459 e. The molecule has 2 fully saturated rings. The third-order valence-electron chi connectivity index (χ3n) is 6.74. The Morgan fingerprint density at radius 3 is 2.34 bits per heavy atom. The van der Waals surface area contributed by atoms with Crippen LogP contribution < -0.4 is 4.90 Å². The molecule has 5 rings (SSSR count). The lowest BCUT2D eigenvalue weighted by atomic mass is 9.88. The van der Waals surface area contributed by atoms with Crippen LogP contribution in [0.25, 0.3) is 0 Å². The number of amides is 1. The number of furan rings is 1. The fourth-order valence-corrected chi connectivity index (χ4v) is 5.03. The number of rotatable bonds is 5. The van der Waals surface area contributed by atoms with Gasteiger partial charge in [0.1, 0.15) is 5.82 Å². The van der Waals surface area contributed by atoms with E-state index in [9.17, 15) is 9.18 Å². The van der Waals surface area contributed by atoms with Gasteiger partial charge >= 0.3 is 0 Å². The number of hydrogen-bond acceptors (Lipinski definition) is 4. The van der Waals surface area contributed by atoms with Crippen LogP contribution in [0.15, 0.2) is 77.4 Å². The number of halogens is 1. The topological polar surface area (TPSA) is 39.9 Å². The van der Waals surface area contributed by atoms with Gasteiger partial charge in [-0.2, -0.15) is 0 Å². The Morgan fingerprint density at radius 1 is 0.906 bits per heavy atom. The van der Waals surface area contributed by atoms with Crippen molar-refractivity contribution < 1.29 is 13.6 Å². The van der Waals surface area contributed by atoms with Crippen LogP contribution in [-0.4, -0.2) is 61.5 Å². The van der Waals surface area contributed by atoms with E-state index in [0.29, 0.717) is 24.1 Å². The molecule has 0 N–H and O–H groups in total. The highest BCUT2D eigenvalue weighted by molar-refractivity contribution is 5.91. The van der Waals surface area contributed by atoms with Crippen molar-refractivity contribution in [1.29, 1.82) is 0 Å². The van der Waals surface area contributed by atoms with E-state index in [4.69, 9.17) is 4.42 Å². The summed E-state index contributed by atoms with van der Waals surface area (Å²) in [5.74, 6) is 0.859. The van der Waals surface area contributed by atoms with Gasteiger partial charge in [0.15, 0.2) is 5.76 Å². The van der Waals surface area contributed by atoms with E-state index in [-0.39, 0.29) is 11.7 Å². The van der Waals surface area contributed by atoms with Crippen molar-refractivity contribution in [2.24, 2.45) is 5.92 Å². The van der Waals surface area contributed by atoms with Gasteiger partial charge in [-0.25, -0.2) is 4.39 Å². The van der Waals surface area contributed by atoms with Gasteiger partial charge in [0.05, 0.1) is 6.26 Å². The van der Waals surface area contributed by atoms with Crippen molar-refractivity contribution in [3.63, 3.8) is 0 Å². The minimum absolute atomic E-state index is 0.0282. The third kappa shape index (κ3) is 4.41. The molecule has 5 nitrogen and oxygen atoms in total. The molecule has 1 aromatic heterocycles. The number of piperazine rings is 1. The second-order valence-electron chi connectivity index (χ2n) is 8.73. The first-order chi connectivity index (χ1) is 15.7. The van der Waals surface area contributed by atoms with Crippen LogP contribution >= 0.6 is 0 Å². The molecule has 0 aliphatic carbocycles. The standard InChI is InChI=1S/C26H28FN3O2/c27-22-8-10-23(11-9-22)29-14-12-28(13-15-29)17-21-18-30(26(31)25-7-4-16-32-25)19-24(21)20-5-2-1-3-6-20/h1-11,16,21,24H,12-15,17-19H2. The summed E-state index contributed by atoms with van der Waals surface area (Å²) in [4.78, 5) is 19.7. The van der Waals surface area contributed by atoms with Gasteiger partial charge in [0.2, 0.25) is 0 Å². The predicted octanol–water partition coefficient (Wildman–Crippen LogP) is 4.10. The number of benzene rings is 2. The van der Waals surface area contributed by atoms with E-state index in [0.717, 1.165) is 45.0 Å². The smallest absolute Gasteiger partial charge is 0.289 e. The zero-order valence-corrected chi connectivity index (χ0v) is 18.1. The van der Waals surface area contributed by atoms with Crippen molar-refractivity contribution in [1.82, 2.24) is 9.80 Å². The van der Waals surface area contributed by atoms with Gasteiger partial charge in [-0.3, -0.25) is 9.69 Å². The average molecular weight is 434 g/mol. The summed E-state index contributed by atoms with van der Waals surface area (Å²) in [5.41, 5.74) is 2.36. The first-order valence-corrected chi connectivity index (χ1v) is 11.3. The van der Waals surface area contributed by atoms with Crippen LogP contribution in [0.3, 0.4) is 0 Å². The molecule has 0 bridgehead atoms. The van der Waals surface area contributed by atoms with Crippen LogP contribution in [-0.2, 0) is 0 Å². The molecule has 3 aromatic rings. The van der Waals surface area contributed by atoms with Gasteiger partial charge in [0, 0.05) is 57.4 Å². The molecular formula is C26H28FN3O2. The predicted molar refractivity (Wildman–Crippen MR) is 122 cm³/mol. The summed E-state index contributed by atoms with van der Waals surface area (Å²) in [6.07, 6.45) is 1.55. The summed E-state index contributed by atoms with van der Waals surface area (Å²) in [6.45, 7) is 6.16. The number of likely N-dealkylation sites (tertiary alicyclic amines) is 1. The van der Waals surface area contributed by atoms with E-state index in [1.807, 2.05) is 23.1 Å².